The van der Waals surface area contributed by atoms with Crippen molar-refractivity contribution in [3.8, 4) is 23.1 Å². The van der Waals surface area contributed by atoms with Crippen molar-refractivity contribution in [1.29, 1.82) is 5.26 Å². The molecule has 4 aromatic rings. The SMILES string of the molecule is CN(C)Cc1cc(OC2CCN([C@H]3C[C@](CC#N)(n4cc(-c5ncnc6c5ccn6COCC[Si](C)(C)C)cn4)C3)CC2)cc(C(F)F)c1. The van der Waals surface area contributed by atoms with E-state index < -0.39 is 14.5 Å². The molecule has 1 aliphatic heterocycles. The predicted octanol–water partition coefficient (Wildman–Crippen LogP) is 6.92. The van der Waals surface area contributed by atoms with Crippen LogP contribution in [0.1, 0.15) is 49.7 Å². The van der Waals surface area contributed by atoms with Gasteiger partial charge < -0.3 is 18.9 Å². The highest BCUT2D eigenvalue weighted by molar-refractivity contribution is 6.76. The number of likely N-dealkylation sites (tertiary alicyclic amines) is 1. The van der Waals surface area contributed by atoms with Crippen LogP contribution < -0.4 is 4.74 Å². The molecule has 1 aliphatic carbocycles. The number of hydrogen-bond acceptors (Lipinski definition) is 8. The maximum absolute atomic E-state index is 13.6. The van der Waals surface area contributed by atoms with Crippen molar-refractivity contribution >= 4 is 19.1 Å². The number of halogens is 2. The van der Waals surface area contributed by atoms with Crippen molar-refractivity contribution in [1.82, 2.24) is 34.1 Å². The summed E-state index contributed by atoms with van der Waals surface area (Å²) >= 11 is 0. The van der Waals surface area contributed by atoms with Crippen LogP contribution in [-0.4, -0.2) is 88.1 Å². The molecule has 1 saturated heterocycles. The lowest BCUT2D eigenvalue weighted by Crippen LogP contribution is -2.58. The molecule has 0 spiro atoms. The molecule has 2 aliphatic rings. The lowest BCUT2D eigenvalue weighted by atomic mass is 9.69. The Morgan fingerprint density at radius 1 is 1.12 bits per heavy atom. The molecule has 262 valence electrons. The molecule has 3 aromatic heterocycles. The third-order valence-corrected chi connectivity index (χ3v) is 11.5. The van der Waals surface area contributed by atoms with Crippen molar-refractivity contribution in [3.05, 3.63) is 60.3 Å². The number of alkyl halides is 2. The Morgan fingerprint density at radius 2 is 1.90 bits per heavy atom. The van der Waals surface area contributed by atoms with E-state index in [1.165, 1.54) is 6.07 Å². The first-order chi connectivity index (χ1) is 23.4. The van der Waals surface area contributed by atoms with Crippen LogP contribution in [0.4, 0.5) is 8.78 Å². The maximum Gasteiger partial charge on any atom is 0.263 e. The summed E-state index contributed by atoms with van der Waals surface area (Å²) in [4.78, 5) is 13.6. The summed E-state index contributed by atoms with van der Waals surface area (Å²) in [7, 11) is 2.68. The number of ether oxygens (including phenoxy) is 2. The largest absolute Gasteiger partial charge is 0.490 e. The Hall–Kier alpha value is -3.70. The Kier molecular flexibility index (Phi) is 10.5. The van der Waals surface area contributed by atoms with E-state index in [1.807, 2.05) is 59.0 Å². The first kappa shape index (κ1) is 35.1. The zero-order chi connectivity index (χ0) is 34.8. The number of fused-ring (bicyclic) bond motifs is 1. The summed E-state index contributed by atoms with van der Waals surface area (Å²) in [6.45, 7) is 10.5. The van der Waals surface area contributed by atoms with E-state index >= 15 is 0 Å². The van der Waals surface area contributed by atoms with Crippen molar-refractivity contribution < 1.29 is 18.3 Å². The van der Waals surface area contributed by atoms with Crippen molar-refractivity contribution in [3.63, 3.8) is 0 Å². The van der Waals surface area contributed by atoms with Crippen molar-refractivity contribution in [2.24, 2.45) is 0 Å². The summed E-state index contributed by atoms with van der Waals surface area (Å²) in [5.41, 5.74) is 2.98. The van der Waals surface area contributed by atoms with Crippen LogP contribution in [0.25, 0.3) is 22.3 Å². The second-order valence-electron chi connectivity index (χ2n) is 15.2. The molecule has 13 heteroatoms. The first-order valence-corrected chi connectivity index (χ1v) is 20.9. The van der Waals surface area contributed by atoms with Gasteiger partial charge in [0.1, 0.15) is 30.6 Å². The van der Waals surface area contributed by atoms with E-state index in [4.69, 9.17) is 14.6 Å². The van der Waals surface area contributed by atoms with Gasteiger partial charge in [-0.15, -0.1) is 0 Å². The minimum absolute atomic E-state index is 0.00259. The van der Waals surface area contributed by atoms with Crippen molar-refractivity contribution in [2.45, 2.75) is 95.2 Å². The molecule has 0 radical (unpaired) electrons. The summed E-state index contributed by atoms with van der Waals surface area (Å²) in [6.07, 6.45) is 8.57. The van der Waals surface area contributed by atoms with Gasteiger partial charge in [-0.2, -0.15) is 10.4 Å². The molecule has 6 rings (SSSR count). The topological polar surface area (TPSA) is 97.3 Å². The van der Waals surface area contributed by atoms with Gasteiger partial charge in [-0.05, 0) is 75.7 Å². The van der Waals surface area contributed by atoms with Gasteiger partial charge >= 0.3 is 0 Å². The van der Waals surface area contributed by atoms with Crippen LogP contribution in [0.2, 0.25) is 25.7 Å². The van der Waals surface area contributed by atoms with Crippen LogP contribution in [0.5, 0.6) is 5.75 Å². The Morgan fingerprint density at radius 3 is 2.59 bits per heavy atom. The summed E-state index contributed by atoms with van der Waals surface area (Å²) in [5, 5.41) is 15.5. The van der Waals surface area contributed by atoms with E-state index in [1.54, 1.807) is 12.4 Å². The molecule has 0 N–H and O–H groups in total. The van der Waals surface area contributed by atoms with Crippen LogP contribution >= 0.6 is 0 Å². The molecule has 1 saturated carbocycles. The summed E-state index contributed by atoms with van der Waals surface area (Å²) < 4.78 is 43.4. The predicted molar refractivity (Wildman–Crippen MR) is 188 cm³/mol. The average Bonchev–Trinajstić information content (AvgIpc) is 3.69. The highest BCUT2D eigenvalue weighted by atomic mass is 28.3. The number of nitriles is 1. The average molecular weight is 691 g/mol. The third kappa shape index (κ3) is 8.20. The van der Waals surface area contributed by atoms with E-state index in [0.29, 0.717) is 31.5 Å². The Balaban J connectivity index is 1.07. The quantitative estimate of drug-likeness (QED) is 0.104. The van der Waals surface area contributed by atoms with E-state index in [9.17, 15) is 14.0 Å². The van der Waals surface area contributed by atoms with Crippen LogP contribution in [0.15, 0.2) is 49.2 Å². The minimum Gasteiger partial charge on any atom is -0.490 e. The second-order valence-corrected chi connectivity index (χ2v) is 20.8. The fourth-order valence-electron chi connectivity index (χ4n) is 7.11. The van der Waals surface area contributed by atoms with Gasteiger partial charge in [-0.25, -0.2) is 18.7 Å². The third-order valence-electron chi connectivity index (χ3n) is 9.80. The minimum atomic E-state index is -2.54. The molecule has 2 fully saturated rings. The Labute approximate surface area is 288 Å². The summed E-state index contributed by atoms with van der Waals surface area (Å²) in [6, 6.07) is 10.8. The molecule has 0 unspecified atom stereocenters. The number of nitrogens with zero attached hydrogens (tertiary/aromatic N) is 8. The second kappa shape index (κ2) is 14.6. The fourth-order valence-corrected chi connectivity index (χ4v) is 7.86. The van der Waals surface area contributed by atoms with Gasteiger partial charge in [0, 0.05) is 69.3 Å². The highest BCUT2D eigenvalue weighted by Crippen LogP contribution is 2.46. The lowest BCUT2D eigenvalue weighted by molar-refractivity contribution is -0.0207. The standard InChI is InChI=1S/C36H48F2N8O2Si/c1-43(2)22-26-16-27(34(37)38)18-31(17-26)48-30-6-11-44(12-7-30)29-19-36(20-29,9-10-39)46-23-28(21-42-46)33-32-8-13-45(35(32)41-24-40-33)25-47-14-15-49(3,4)5/h8,13,16-18,21,23-24,29-30,34H,6-7,9,11-12,14-15,19-20,22,25H2,1-5H3/t29-,36-. The Bertz CT molecular complexity index is 1760. The molecule has 49 heavy (non-hydrogen) atoms. The molecule has 4 heterocycles. The highest BCUT2D eigenvalue weighted by Gasteiger charge is 2.49. The van der Waals surface area contributed by atoms with E-state index in [-0.39, 0.29) is 17.2 Å². The zero-order valence-electron chi connectivity index (χ0n) is 29.3. The van der Waals surface area contributed by atoms with Gasteiger partial charge in [0.15, 0.2) is 0 Å². The molecule has 0 atom stereocenters. The number of piperidine rings is 1. The van der Waals surface area contributed by atoms with Crippen LogP contribution in [-0.2, 0) is 23.6 Å². The lowest BCUT2D eigenvalue weighted by Gasteiger charge is -2.52. The van der Waals surface area contributed by atoms with Crippen LogP contribution in [0.3, 0.4) is 0 Å². The molecule has 1 aromatic carbocycles. The summed E-state index contributed by atoms with van der Waals surface area (Å²) in [5.74, 6) is 0.516. The maximum atomic E-state index is 13.6. The number of aromatic nitrogens is 5. The molecule has 0 bridgehead atoms. The molecule has 0 amide bonds. The monoisotopic (exact) mass is 690 g/mol. The van der Waals surface area contributed by atoms with E-state index in [2.05, 4.69) is 40.6 Å². The van der Waals surface area contributed by atoms with E-state index in [0.717, 1.165) is 79.3 Å². The normalized spacial score (nSPS) is 20.6. The van der Waals surface area contributed by atoms with Gasteiger partial charge in [0.25, 0.3) is 6.43 Å². The number of rotatable bonds is 14. The van der Waals surface area contributed by atoms with Crippen LogP contribution in [0, 0.1) is 11.3 Å². The van der Waals surface area contributed by atoms with Gasteiger partial charge in [0.05, 0.1) is 29.9 Å². The first-order valence-electron chi connectivity index (χ1n) is 17.2. The number of hydrogen-bond donors (Lipinski definition) is 0. The molecular weight excluding hydrogens is 643 g/mol. The smallest absolute Gasteiger partial charge is 0.263 e. The van der Waals surface area contributed by atoms with Gasteiger partial charge in [-0.3, -0.25) is 9.58 Å². The van der Waals surface area contributed by atoms with Gasteiger partial charge in [-0.1, -0.05) is 19.6 Å². The zero-order valence-corrected chi connectivity index (χ0v) is 30.3. The van der Waals surface area contributed by atoms with Gasteiger partial charge in [0.2, 0.25) is 0 Å². The molecule has 10 nitrogen and oxygen atoms in total. The fraction of sp³-hybridized carbons (Fsp3) is 0.556. The van der Waals surface area contributed by atoms with Crippen molar-refractivity contribution in [2.75, 3.05) is 33.8 Å². The molecular formula is C36H48F2N8O2Si. The number of benzene rings is 1.